The highest BCUT2D eigenvalue weighted by atomic mass is 16.1. The third-order valence-corrected chi connectivity index (χ3v) is 10.6. The summed E-state index contributed by atoms with van der Waals surface area (Å²) in [7, 11) is 0. The van der Waals surface area contributed by atoms with E-state index in [1.165, 1.54) is 31.3 Å². The van der Waals surface area contributed by atoms with E-state index in [-0.39, 0.29) is 21.7 Å². The molecule has 26 heavy (non-hydrogen) atoms. The molecule has 2 heteroatoms. The third kappa shape index (κ3) is 1.59. The average molecular weight is 355 g/mol. The molecule has 4 saturated carbocycles. The molecule has 0 radical (unpaired) electrons. The van der Waals surface area contributed by atoms with Crippen molar-refractivity contribution in [2.75, 3.05) is 0 Å². The van der Waals surface area contributed by atoms with Crippen molar-refractivity contribution in [3.8, 4) is 0 Å². The van der Waals surface area contributed by atoms with Gasteiger partial charge in [0.1, 0.15) is 5.78 Å². The van der Waals surface area contributed by atoms with Crippen molar-refractivity contribution >= 4 is 11.6 Å². The third-order valence-electron chi connectivity index (χ3n) is 10.6. The van der Waals surface area contributed by atoms with Gasteiger partial charge in [0.25, 0.3) is 0 Å². The zero-order valence-electron chi connectivity index (χ0n) is 17.2. The van der Waals surface area contributed by atoms with E-state index < -0.39 is 0 Å². The summed E-state index contributed by atoms with van der Waals surface area (Å²) in [5.41, 5.74) is 2.01. The van der Waals surface area contributed by atoms with Gasteiger partial charge in [-0.3, -0.25) is 9.59 Å². The minimum Gasteiger partial charge on any atom is -0.299 e. The number of rotatable bonds is 1. The van der Waals surface area contributed by atoms with Crippen LogP contribution in [0.2, 0.25) is 0 Å². The second-order valence-electron chi connectivity index (χ2n) is 11.3. The van der Waals surface area contributed by atoms with Crippen molar-refractivity contribution in [2.45, 2.75) is 79.6 Å². The number of ketones is 2. The molecule has 0 aromatic heterocycles. The summed E-state index contributed by atoms with van der Waals surface area (Å²) in [6.07, 6.45) is 9.84. The predicted octanol–water partition coefficient (Wildman–Crippen LogP) is 5.36. The van der Waals surface area contributed by atoms with Crippen LogP contribution in [0.3, 0.4) is 0 Å². The Morgan fingerprint density at radius 2 is 1.77 bits per heavy atom. The number of carbonyl (C=O) groups is 2. The number of carbonyl (C=O) groups excluding carboxylic acids is 2. The van der Waals surface area contributed by atoms with Crippen LogP contribution in [0.1, 0.15) is 79.6 Å². The maximum absolute atomic E-state index is 12.9. The van der Waals surface area contributed by atoms with E-state index in [9.17, 15) is 9.59 Å². The fourth-order valence-electron chi connectivity index (χ4n) is 9.63. The first-order valence-electron chi connectivity index (χ1n) is 10.9. The Bertz CT molecular complexity index is 745. The van der Waals surface area contributed by atoms with Gasteiger partial charge < -0.3 is 0 Å². The van der Waals surface area contributed by atoms with Crippen LogP contribution in [0.15, 0.2) is 11.6 Å². The molecule has 7 atom stereocenters. The summed E-state index contributed by atoms with van der Waals surface area (Å²) in [4.78, 5) is 24.9. The molecular formula is C24H34O2. The minimum atomic E-state index is -0.0603. The van der Waals surface area contributed by atoms with Gasteiger partial charge in [0.2, 0.25) is 0 Å². The Morgan fingerprint density at radius 3 is 2.46 bits per heavy atom. The van der Waals surface area contributed by atoms with Crippen LogP contribution in [0, 0.1) is 45.3 Å². The Kier molecular flexibility index (Phi) is 3.13. The molecule has 5 aliphatic rings. The molecule has 0 bridgehead atoms. The van der Waals surface area contributed by atoms with Crippen LogP contribution in [-0.2, 0) is 9.59 Å². The highest BCUT2D eigenvalue weighted by molar-refractivity contribution is 5.91. The van der Waals surface area contributed by atoms with Crippen LogP contribution >= 0.6 is 0 Å². The van der Waals surface area contributed by atoms with Gasteiger partial charge in [0, 0.05) is 11.8 Å². The molecule has 5 rings (SSSR count). The van der Waals surface area contributed by atoms with Crippen molar-refractivity contribution in [1.29, 1.82) is 0 Å². The Morgan fingerprint density at radius 1 is 1.04 bits per heavy atom. The number of Topliss-reactive ketones (excluding diaryl/α,β-unsaturated/α-hetero) is 1. The lowest BCUT2D eigenvalue weighted by Crippen LogP contribution is -2.53. The van der Waals surface area contributed by atoms with Crippen molar-refractivity contribution in [1.82, 2.24) is 0 Å². The summed E-state index contributed by atoms with van der Waals surface area (Å²) in [6, 6.07) is 0. The lowest BCUT2D eigenvalue weighted by atomic mass is 9.44. The van der Waals surface area contributed by atoms with Crippen LogP contribution < -0.4 is 0 Å². The summed E-state index contributed by atoms with van der Waals surface area (Å²) in [5, 5.41) is 0. The van der Waals surface area contributed by atoms with Gasteiger partial charge in [-0.25, -0.2) is 0 Å². The zero-order chi connectivity index (χ0) is 18.7. The van der Waals surface area contributed by atoms with Gasteiger partial charge in [0.15, 0.2) is 5.78 Å². The van der Waals surface area contributed by atoms with Gasteiger partial charge >= 0.3 is 0 Å². The first-order valence-corrected chi connectivity index (χ1v) is 10.9. The summed E-state index contributed by atoms with van der Waals surface area (Å²) < 4.78 is 0. The summed E-state index contributed by atoms with van der Waals surface area (Å²) in [5.74, 6) is 3.58. The lowest BCUT2D eigenvalue weighted by Gasteiger charge is -2.59. The Labute approximate surface area is 158 Å². The van der Waals surface area contributed by atoms with Gasteiger partial charge in [-0.05, 0) is 91.4 Å². The Balaban J connectivity index is 1.53. The van der Waals surface area contributed by atoms with E-state index in [2.05, 4.69) is 27.7 Å². The van der Waals surface area contributed by atoms with E-state index in [4.69, 9.17) is 0 Å². The number of fused-ring (bicyclic) bond motifs is 7. The molecule has 0 aliphatic heterocycles. The molecule has 2 nitrogen and oxygen atoms in total. The van der Waals surface area contributed by atoms with Crippen molar-refractivity contribution < 1.29 is 9.59 Å². The summed E-state index contributed by atoms with van der Waals surface area (Å²) >= 11 is 0. The molecule has 0 amide bonds. The second kappa shape index (κ2) is 4.73. The molecule has 0 N–H and O–H groups in total. The lowest BCUT2D eigenvalue weighted by molar-refractivity contribution is -0.137. The number of allylic oxidation sites excluding steroid dienone is 1. The average Bonchev–Trinajstić information content (AvgIpc) is 2.91. The highest BCUT2D eigenvalue weighted by Crippen LogP contribution is 2.87. The van der Waals surface area contributed by atoms with E-state index in [0.29, 0.717) is 23.4 Å². The van der Waals surface area contributed by atoms with E-state index in [1.54, 1.807) is 0 Å². The van der Waals surface area contributed by atoms with E-state index >= 15 is 0 Å². The molecule has 142 valence electrons. The van der Waals surface area contributed by atoms with Crippen molar-refractivity contribution in [3.63, 3.8) is 0 Å². The fraction of sp³-hybridized carbons (Fsp3) is 0.833. The highest BCUT2D eigenvalue weighted by Gasteiger charge is 2.86. The topological polar surface area (TPSA) is 34.1 Å². The monoisotopic (exact) mass is 354 g/mol. The normalized spacial score (nSPS) is 53.7. The van der Waals surface area contributed by atoms with Crippen LogP contribution in [0.4, 0.5) is 0 Å². The molecular weight excluding hydrogens is 320 g/mol. The fourth-order valence-corrected chi connectivity index (χ4v) is 9.63. The largest absolute Gasteiger partial charge is 0.299 e. The van der Waals surface area contributed by atoms with Crippen LogP contribution in [0.25, 0.3) is 0 Å². The molecule has 0 heterocycles. The smallest absolute Gasteiger partial charge is 0.155 e. The number of hydrogen-bond acceptors (Lipinski definition) is 2. The molecule has 0 unspecified atom stereocenters. The minimum absolute atomic E-state index is 0.0603. The maximum atomic E-state index is 12.9. The maximum Gasteiger partial charge on any atom is 0.155 e. The zero-order valence-corrected chi connectivity index (χ0v) is 17.2. The predicted molar refractivity (Wildman–Crippen MR) is 102 cm³/mol. The molecule has 0 saturated heterocycles. The molecule has 5 aliphatic carbocycles. The van der Waals surface area contributed by atoms with Crippen molar-refractivity contribution in [3.05, 3.63) is 11.6 Å². The van der Waals surface area contributed by atoms with E-state index in [1.807, 2.05) is 13.0 Å². The summed E-state index contributed by atoms with van der Waals surface area (Å²) in [6.45, 7) is 11.5. The van der Waals surface area contributed by atoms with Gasteiger partial charge in [0.05, 0.1) is 0 Å². The Hall–Kier alpha value is -0.920. The molecule has 0 aromatic rings. The second-order valence-corrected chi connectivity index (χ2v) is 11.3. The van der Waals surface area contributed by atoms with Crippen LogP contribution in [-0.4, -0.2) is 11.6 Å². The molecule has 0 spiro atoms. The van der Waals surface area contributed by atoms with Crippen LogP contribution in [0.5, 0.6) is 0 Å². The molecule has 0 aromatic carbocycles. The first kappa shape index (κ1) is 17.2. The first-order chi connectivity index (χ1) is 12.1. The van der Waals surface area contributed by atoms with Crippen molar-refractivity contribution in [2.24, 2.45) is 45.3 Å². The number of hydrogen-bond donors (Lipinski definition) is 0. The van der Waals surface area contributed by atoms with Gasteiger partial charge in [-0.15, -0.1) is 0 Å². The SMILES string of the molecule is CC(=O)[C@@]12[C@@H](C[C@H]3[C@@H]4CCC5=CC(=O)CC[C@]5(C)[C@H]4CC[C@@]31C)C2(C)C. The van der Waals surface area contributed by atoms with Gasteiger partial charge in [-0.1, -0.05) is 33.3 Å². The van der Waals surface area contributed by atoms with Gasteiger partial charge in [-0.2, -0.15) is 0 Å². The van der Waals surface area contributed by atoms with E-state index in [0.717, 1.165) is 31.1 Å². The molecule has 4 fully saturated rings. The standard InChI is InChI=1S/C24H34O2/c1-14(25)24-20(21(24,2)3)13-19-17-7-6-15-12-16(26)8-10-22(15,4)18(17)9-11-23(19,24)5/h12,17-20H,6-11,13H2,1-5H3/t17-,18+,19+,20+,22+,23+,24+/m1/s1. The quantitative estimate of drug-likeness (QED) is 0.635.